The minimum absolute atomic E-state index is 0.175. The molecule has 130 valence electrons. The third-order valence-electron chi connectivity index (χ3n) is 4.15. The van der Waals surface area contributed by atoms with Crippen LogP contribution in [0.3, 0.4) is 0 Å². The predicted molar refractivity (Wildman–Crippen MR) is 97.3 cm³/mol. The van der Waals surface area contributed by atoms with Gasteiger partial charge < -0.3 is 15.1 Å². The molecule has 0 aliphatic heterocycles. The molecule has 24 heavy (non-hydrogen) atoms. The second kappa shape index (κ2) is 8.21. The normalized spacial score (nSPS) is 14.0. The third kappa shape index (κ3) is 4.42. The molecule has 5 heteroatoms. The van der Waals surface area contributed by atoms with Crippen molar-refractivity contribution in [3.63, 3.8) is 0 Å². The van der Waals surface area contributed by atoms with Crippen LogP contribution in [-0.4, -0.2) is 35.8 Å². The van der Waals surface area contributed by atoms with Gasteiger partial charge in [-0.25, -0.2) is 4.39 Å². The van der Waals surface area contributed by atoms with Crippen LogP contribution in [0.15, 0.2) is 46.9 Å². The van der Waals surface area contributed by atoms with Crippen LogP contribution >= 0.6 is 15.9 Å². The van der Waals surface area contributed by atoms with Gasteiger partial charge in [0.1, 0.15) is 11.4 Å². The van der Waals surface area contributed by atoms with Gasteiger partial charge in [0, 0.05) is 4.47 Å². The van der Waals surface area contributed by atoms with Gasteiger partial charge in [0.15, 0.2) is 0 Å². The molecule has 0 saturated heterocycles. The maximum absolute atomic E-state index is 13.3. The lowest BCUT2D eigenvalue weighted by molar-refractivity contribution is 0.0640. The molecule has 1 unspecified atom stereocenters. The van der Waals surface area contributed by atoms with Crippen molar-refractivity contribution < 1.29 is 14.6 Å². The number of aliphatic hydroxyl groups excluding tert-OH is 1. The summed E-state index contributed by atoms with van der Waals surface area (Å²) >= 11 is 3.39. The van der Waals surface area contributed by atoms with Crippen molar-refractivity contribution in [2.45, 2.75) is 25.0 Å². The lowest BCUT2D eigenvalue weighted by Gasteiger charge is -2.32. The van der Waals surface area contributed by atoms with E-state index >= 15 is 0 Å². The highest BCUT2D eigenvalue weighted by Crippen LogP contribution is 2.37. The molecule has 2 N–H and O–H groups in total. The predicted octanol–water partition coefficient (Wildman–Crippen LogP) is 3.66. The van der Waals surface area contributed by atoms with E-state index in [-0.39, 0.29) is 12.4 Å². The molecule has 0 heterocycles. The number of nitrogens with zero attached hydrogens (tertiary/aromatic N) is 1. The molecule has 0 aromatic heterocycles. The Balaban J connectivity index is 2.47. The first-order valence-electron chi connectivity index (χ1n) is 7.89. The number of aliphatic hydroxyl groups is 2. The Bertz CT molecular complexity index is 676. The molecule has 2 aromatic rings. The molecule has 0 aliphatic rings. The fourth-order valence-electron chi connectivity index (χ4n) is 2.91. The highest BCUT2D eigenvalue weighted by Gasteiger charge is 2.33. The lowest BCUT2D eigenvalue weighted by Crippen LogP contribution is -2.30. The third-order valence-corrected chi connectivity index (χ3v) is 4.64. The summed E-state index contributed by atoms with van der Waals surface area (Å²) in [4.78, 5) is 2.06. The van der Waals surface area contributed by atoms with Crippen LogP contribution in [0.4, 0.5) is 4.39 Å². The molecule has 3 nitrogen and oxygen atoms in total. The maximum atomic E-state index is 13.3. The maximum Gasteiger partial charge on any atom is 0.123 e. The standard InChI is InChI=1S/C19H23BrFNO2/c1-22(2)11-3-10-19(24,15-4-7-17(21)8-5-15)18-9-6-16(20)12-14(18)13-23/h4-9,12,23-24H,3,10-11,13H2,1-2H3. The zero-order valence-corrected chi connectivity index (χ0v) is 15.6. The fourth-order valence-corrected chi connectivity index (χ4v) is 3.32. The molecule has 0 amide bonds. The Hall–Kier alpha value is -1.27. The topological polar surface area (TPSA) is 43.7 Å². The number of halogens is 2. The van der Waals surface area contributed by atoms with Crippen molar-refractivity contribution in [3.05, 3.63) is 69.4 Å². The summed E-state index contributed by atoms with van der Waals surface area (Å²) in [7, 11) is 3.96. The van der Waals surface area contributed by atoms with Crippen LogP contribution in [0.5, 0.6) is 0 Å². The minimum Gasteiger partial charge on any atom is -0.392 e. The van der Waals surface area contributed by atoms with E-state index in [9.17, 15) is 14.6 Å². The number of rotatable bonds is 7. The number of hydrogen-bond donors (Lipinski definition) is 2. The molecule has 1 atom stereocenters. The zero-order valence-electron chi connectivity index (χ0n) is 14.0. The van der Waals surface area contributed by atoms with Gasteiger partial charge in [-0.3, -0.25) is 0 Å². The van der Waals surface area contributed by atoms with Gasteiger partial charge in [-0.05, 0) is 74.4 Å². The van der Waals surface area contributed by atoms with Gasteiger partial charge in [0.2, 0.25) is 0 Å². The van der Waals surface area contributed by atoms with Crippen molar-refractivity contribution >= 4 is 15.9 Å². The Morgan fingerprint density at radius 2 is 1.79 bits per heavy atom. The van der Waals surface area contributed by atoms with Gasteiger partial charge in [0.05, 0.1) is 6.61 Å². The molecule has 0 saturated carbocycles. The molecule has 2 rings (SSSR count). The van der Waals surface area contributed by atoms with Crippen molar-refractivity contribution in [3.8, 4) is 0 Å². The summed E-state index contributed by atoms with van der Waals surface area (Å²) in [5.74, 6) is -0.340. The van der Waals surface area contributed by atoms with E-state index in [1.54, 1.807) is 18.2 Å². The smallest absolute Gasteiger partial charge is 0.123 e. The Morgan fingerprint density at radius 1 is 1.12 bits per heavy atom. The largest absolute Gasteiger partial charge is 0.392 e. The molecule has 0 spiro atoms. The Morgan fingerprint density at radius 3 is 2.38 bits per heavy atom. The molecule has 0 bridgehead atoms. The molecule has 0 radical (unpaired) electrons. The van der Waals surface area contributed by atoms with Crippen molar-refractivity contribution in [2.24, 2.45) is 0 Å². The van der Waals surface area contributed by atoms with Crippen LogP contribution in [0.1, 0.15) is 29.5 Å². The van der Waals surface area contributed by atoms with Crippen LogP contribution < -0.4 is 0 Å². The van der Waals surface area contributed by atoms with Crippen molar-refractivity contribution in [1.82, 2.24) is 4.90 Å². The van der Waals surface area contributed by atoms with Crippen LogP contribution in [0.25, 0.3) is 0 Å². The molecule has 0 aliphatic carbocycles. The summed E-state index contributed by atoms with van der Waals surface area (Å²) in [5, 5.41) is 21.2. The first-order chi connectivity index (χ1) is 11.4. The molecule has 2 aromatic carbocycles. The summed E-state index contributed by atoms with van der Waals surface area (Å²) in [6.07, 6.45) is 1.24. The summed E-state index contributed by atoms with van der Waals surface area (Å²) < 4.78 is 14.1. The first-order valence-corrected chi connectivity index (χ1v) is 8.69. The molecular weight excluding hydrogens is 373 g/mol. The number of hydrogen-bond acceptors (Lipinski definition) is 3. The van der Waals surface area contributed by atoms with Crippen molar-refractivity contribution in [2.75, 3.05) is 20.6 Å². The van der Waals surface area contributed by atoms with Gasteiger partial charge in [-0.1, -0.05) is 34.1 Å². The second-order valence-electron chi connectivity index (χ2n) is 6.23. The van der Waals surface area contributed by atoms with E-state index in [0.717, 1.165) is 17.4 Å². The van der Waals surface area contributed by atoms with Gasteiger partial charge in [-0.15, -0.1) is 0 Å². The molecule has 0 fully saturated rings. The van der Waals surface area contributed by atoms with Gasteiger partial charge >= 0.3 is 0 Å². The van der Waals surface area contributed by atoms with Crippen LogP contribution in [0.2, 0.25) is 0 Å². The average Bonchev–Trinajstić information content (AvgIpc) is 2.54. The highest BCUT2D eigenvalue weighted by molar-refractivity contribution is 9.10. The molecular formula is C19H23BrFNO2. The van der Waals surface area contributed by atoms with E-state index < -0.39 is 5.60 Å². The summed E-state index contributed by atoms with van der Waals surface area (Å²) in [6, 6.07) is 11.4. The van der Waals surface area contributed by atoms with Crippen LogP contribution in [0, 0.1) is 5.82 Å². The number of benzene rings is 2. The van der Waals surface area contributed by atoms with Crippen LogP contribution in [-0.2, 0) is 12.2 Å². The second-order valence-corrected chi connectivity index (χ2v) is 7.15. The van der Waals surface area contributed by atoms with E-state index in [1.165, 1.54) is 12.1 Å². The first kappa shape index (κ1) is 19.1. The quantitative estimate of drug-likeness (QED) is 0.751. The Kier molecular flexibility index (Phi) is 6.52. The summed E-state index contributed by atoms with van der Waals surface area (Å²) in [5.41, 5.74) is 0.655. The minimum atomic E-state index is -1.28. The SMILES string of the molecule is CN(C)CCCC(O)(c1ccc(F)cc1)c1ccc(Br)cc1CO. The fraction of sp³-hybridized carbons (Fsp3) is 0.368. The van der Waals surface area contributed by atoms with E-state index in [2.05, 4.69) is 20.8 Å². The van der Waals surface area contributed by atoms with E-state index in [4.69, 9.17) is 0 Å². The highest BCUT2D eigenvalue weighted by atomic mass is 79.9. The zero-order chi connectivity index (χ0) is 17.7. The lowest BCUT2D eigenvalue weighted by atomic mass is 9.80. The van der Waals surface area contributed by atoms with E-state index in [0.29, 0.717) is 23.1 Å². The summed E-state index contributed by atoms with van der Waals surface area (Å²) in [6.45, 7) is 0.653. The van der Waals surface area contributed by atoms with E-state index in [1.807, 2.05) is 26.2 Å². The van der Waals surface area contributed by atoms with Gasteiger partial charge in [0.25, 0.3) is 0 Å². The van der Waals surface area contributed by atoms with Gasteiger partial charge in [-0.2, -0.15) is 0 Å². The monoisotopic (exact) mass is 395 g/mol. The average molecular weight is 396 g/mol. The van der Waals surface area contributed by atoms with Crippen molar-refractivity contribution in [1.29, 1.82) is 0 Å². The Labute approximate surface area is 150 Å².